The van der Waals surface area contributed by atoms with E-state index < -0.39 is 5.54 Å². The van der Waals surface area contributed by atoms with Gasteiger partial charge in [-0.2, -0.15) is 0 Å². The first-order valence-electron chi connectivity index (χ1n) is 8.07. The third kappa shape index (κ3) is 4.61. The molecule has 0 aromatic carbocycles. The van der Waals surface area contributed by atoms with E-state index in [0.29, 0.717) is 25.9 Å². The van der Waals surface area contributed by atoms with Crippen LogP contribution in [0.5, 0.6) is 0 Å². The molecule has 1 rings (SSSR count). The Kier molecular flexibility index (Phi) is 7.14. The maximum Gasteiger partial charge on any atom is 0.325 e. The van der Waals surface area contributed by atoms with Crippen molar-refractivity contribution in [3.8, 4) is 0 Å². The second kappa shape index (κ2) is 8.60. The second-order valence-electron chi connectivity index (χ2n) is 5.71. The van der Waals surface area contributed by atoms with Gasteiger partial charge in [-0.05, 0) is 26.2 Å². The third-order valence-corrected chi connectivity index (χ3v) is 3.95. The summed E-state index contributed by atoms with van der Waals surface area (Å²) in [5, 5.41) is 9.16. The van der Waals surface area contributed by atoms with Gasteiger partial charge in [-0.15, -0.1) is 0 Å². The lowest BCUT2D eigenvalue weighted by atomic mass is 9.99. The highest BCUT2D eigenvalue weighted by atomic mass is 16.2. The molecule has 7 heteroatoms. The van der Waals surface area contributed by atoms with Crippen LogP contribution in [-0.4, -0.2) is 55.0 Å². The summed E-state index contributed by atoms with van der Waals surface area (Å²) >= 11 is 0. The summed E-state index contributed by atoms with van der Waals surface area (Å²) in [6.07, 6.45) is 3.51. The van der Waals surface area contributed by atoms with E-state index in [4.69, 9.17) is 0 Å². The maximum atomic E-state index is 12.2. The van der Waals surface area contributed by atoms with E-state index in [0.717, 1.165) is 25.3 Å². The number of imide groups is 1. The van der Waals surface area contributed by atoms with Crippen molar-refractivity contribution < 1.29 is 9.59 Å². The van der Waals surface area contributed by atoms with Crippen LogP contribution in [0.1, 0.15) is 46.5 Å². The number of nitrogens with zero attached hydrogens (tertiary/aromatic N) is 2. The Morgan fingerprint density at radius 1 is 1.23 bits per heavy atom. The molecule has 1 fully saturated rings. The molecule has 0 saturated carbocycles. The number of guanidine groups is 1. The normalized spacial score (nSPS) is 22.0. The average molecular weight is 311 g/mol. The number of hydrogen-bond acceptors (Lipinski definition) is 3. The highest BCUT2D eigenvalue weighted by molar-refractivity contribution is 6.06. The first-order valence-corrected chi connectivity index (χ1v) is 8.07. The van der Waals surface area contributed by atoms with Crippen molar-refractivity contribution in [3.05, 3.63) is 0 Å². The summed E-state index contributed by atoms with van der Waals surface area (Å²) in [6, 6.07) is -0.292. The Balaban J connectivity index is 2.32. The van der Waals surface area contributed by atoms with Crippen LogP contribution in [0.2, 0.25) is 0 Å². The van der Waals surface area contributed by atoms with Crippen molar-refractivity contribution in [3.63, 3.8) is 0 Å². The van der Waals surface area contributed by atoms with E-state index in [2.05, 4.69) is 27.9 Å². The third-order valence-electron chi connectivity index (χ3n) is 3.95. The zero-order valence-corrected chi connectivity index (χ0v) is 14.2. The molecule has 1 unspecified atom stereocenters. The quantitative estimate of drug-likeness (QED) is 0.271. The number of hydrogen-bond donors (Lipinski definition) is 3. The van der Waals surface area contributed by atoms with Gasteiger partial charge in [-0.25, -0.2) is 4.79 Å². The predicted octanol–water partition coefficient (Wildman–Crippen LogP) is 1.06. The first kappa shape index (κ1) is 18.3. The monoisotopic (exact) mass is 311 g/mol. The van der Waals surface area contributed by atoms with Crippen LogP contribution in [0.4, 0.5) is 4.79 Å². The number of amides is 3. The van der Waals surface area contributed by atoms with Crippen molar-refractivity contribution in [1.29, 1.82) is 0 Å². The minimum atomic E-state index is -0.748. The van der Waals surface area contributed by atoms with Crippen molar-refractivity contribution in [1.82, 2.24) is 20.9 Å². The first-order chi connectivity index (χ1) is 10.5. The molecular weight excluding hydrogens is 282 g/mol. The molecule has 126 valence electrons. The Hall–Kier alpha value is -1.79. The molecule has 0 aromatic heterocycles. The van der Waals surface area contributed by atoms with Crippen LogP contribution >= 0.6 is 0 Å². The van der Waals surface area contributed by atoms with Gasteiger partial charge in [-0.1, -0.05) is 20.3 Å². The lowest BCUT2D eigenvalue weighted by Crippen LogP contribution is -2.43. The van der Waals surface area contributed by atoms with Crippen molar-refractivity contribution in [2.24, 2.45) is 4.99 Å². The molecule has 0 aromatic rings. The summed E-state index contributed by atoms with van der Waals surface area (Å²) in [5.41, 5.74) is -0.748. The van der Waals surface area contributed by atoms with E-state index in [1.807, 2.05) is 6.92 Å². The summed E-state index contributed by atoms with van der Waals surface area (Å²) in [4.78, 5) is 29.5. The van der Waals surface area contributed by atoms with Gasteiger partial charge in [0.15, 0.2) is 5.96 Å². The van der Waals surface area contributed by atoms with Crippen molar-refractivity contribution in [2.75, 3.05) is 26.7 Å². The number of urea groups is 1. The molecule has 3 amide bonds. The lowest BCUT2D eigenvalue weighted by Gasteiger charge is -2.19. The zero-order chi connectivity index (χ0) is 16.6. The highest BCUT2D eigenvalue weighted by Crippen LogP contribution is 2.20. The number of carbonyl (C=O) groups is 2. The molecule has 1 saturated heterocycles. The van der Waals surface area contributed by atoms with Gasteiger partial charge < -0.3 is 16.0 Å². The van der Waals surface area contributed by atoms with Gasteiger partial charge in [0.2, 0.25) is 0 Å². The molecular formula is C15H29N5O2. The number of unbranched alkanes of at least 4 members (excludes halogenated alkanes) is 1. The summed E-state index contributed by atoms with van der Waals surface area (Å²) in [7, 11) is 1.73. The molecule has 1 aliphatic heterocycles. The molecule has 3 N–H and O–H groups in total. The van der Waals surface area contributed by atoms with Gasteiger partial charge in [0.25, 0.3) is 5.91 Å². The number of aliphatic imine (C=N–C) groups is 1. The minimum Gasteiger partial charge on any atom is -0.356 e. The Bertz CT molecular complexity index is 424. The molecule has 0 aliphatic carbocycles. The molecule has 1 heterocycles. The predicted molar refractivity (Wildman–Crippen MR) is 87.8 cm³/mol. The maximum absolute atomic E-state index is 12.2. The van der Waals surface area contributed by atoms with Crippen LogP contribution in [0.25, 0.3) is 0 Å². The zero-order valence-electron chi connectivity index (χ0n) is 14.2. The fourth-order valence-corrected chi connectivity index (χ4v) is 2.24. The molecule has 0 spiro atoms. The summed E-state index contributed by atoms with van der Waals surface area (Å²) in [5.74, 6) is 0.620. The number of carbonyl (C=O) groups excluding carboxylic acids is 2. The fraction of sp³-hybridized carbons (Fsp3) is 0.800. The molecule has 0 bridgehead atoms. The Morgan fingerprint density at radius 3 is 2.36 bits per heavy atom. The van der Waals surface area contributed by atoms with Crippen molar-refractivity contribution >= 4 is 17.9 Å². The topological polar surface area (TPSA) is 85.8 Å². The fourth-order valence-electron chi connectivity index (χ4n) is 2.24. The largest absolute Gasteiger partial charge is 0.356 e. The van der Waals surface area contributed by atoms with Gasteiger partial charge in [-0.3, -0.25) is 14.7 Å². The van der Waals surface area contributed by atoms with Crippen molar-refractivity contribution in [2.45, 2.75) is 52.0 Å². The van der Waals surface area contributed by atoms with Gasteiger partial charge in [0, 0.05) is 26.7 Å². The van der Waals surface area contributed by atoms with Gasteiger partial charge in [0.1, 0.15) is 5.54 Å². The molecule has 0 radical (unpaired) electrons. The molecule has 7 nitrogen and oxygen atoms in total. The summed E-state index contributed by atoms with van der Waals surface area (Å²) < 4.78 is 0. The van der Waals surface area contributed by atoms with Crippen LogP contribution in [0.15, 0.2) is 4.99 Å². The van der Waals surface area contributed by atoms with E-state index in [1.54, 1.807) is 14.0 Å². The van der Waals surface area contributed by atoms with E-state index in [-0.39, 0.29) is 11.9 Å². The SMILES string of the molecule is CCCCNC(=NC)NCCCN1C(=O)NC(C)(CC)C1=O. The minimum absolute atomic E-state index is 0.134. The van der Waals surface area contributed by atoms with E-state index >= 15 is 0 Å². The Labute approximate surface area is 132 Å². The van der Waals surface area contributed by atoms with Crippen LogP contribution < -0.4 is 16.0 Å². The van der Waals surface area contributed by atoms with Crippen LogP contribution in [-0.2, 0) is 4.79 Å². The van der Waals surface area contributed by atoms with E-state index in [1.165, 1.54) is 4.90 Å². The van der Waals surface area contributed by atoms with Gasteiger partial charge >= 0.3 is 6.03 Å². The Morgan fingerprint density at radius 2 is 1.86 bits per heavy atom. The smallest absolute Gasteiger partial charge is 0.325 e. The number of nitrogens with one attached hydrogen (secondary N) is 3. The second-order valence-corrected chi connectivity index (χ2v) is 5.71. The standard InChI is InChI=1S/C15H29N5O2/c1-5-7-9-17-13(16-4)18-10-8-11-20-12(21)15(3,6-2)19-14(20)22/h5-11H2,1-4H3,(H,19,22)(H2,16,17,18). The van der Waals surface area contributed by atoms with Crippen LogP contribution in [0.3, 0.4) is 0 Å². The molecule has 1 atom stereocenters. The molecule has 1 aliphatic rings. The van der Waals surface area contributed by atoms with Gasteiger partial charge in [0.05, 0.1) is 0 Å². The van der Waals surface area contributed by atoms with Crippen LogP contribution in [0, 0.1) is 0 Å². The highest BCUT2D eigenvalue weighted by Gasteiger charge is 2.45. The molecule has 22 heavy (non-hydrogen) atoms. The summed E-state index contributed by atoms with van der Waals surface area (Å²) in [6.45, 7) is 7.77. The van der Waals surface area contributed by atoms with E-state index in [9.17, 15) is 9.59 Å². The lowest BCUT2D eigenvalue weighted by molar-refractivity contribution is -0.130. The average Bonchev–Trinajstić information content (AvgIpc) is 2.73. The number of rotatable bonds is 8.